The summed E-state index contributed by atoms with van der Waals surface area (Å²) >= 11 is 0. The Hall–Kier alpha value is -4.86. The number of fused-ring (bicyclic) bond motifs is 1. The van der Waals surface area contributed by atoms with Gasteiger partial charge in [0.1, 0.15) is 23.8 Å². The summed E-state index contributed by atoms with van der Waals surface area (Å²) in [6, 6.07) is 18.6. The molecule has 0 saturated heterocycles. The minimum Gasteiger partial charge on any atom is -0.445 e. The van der Waals surface area contributed by atoms with Gasteiger partial charge in [-0.2, -0.15) is 5.10 Å². The van der Waals surface area contributed by atoms with Crippen molar-refractivity contribution in [3.63, 3.8) is 0 Å². The lowest BCUT2D eigenvalue weighted by atomic mass is 9.95. The van der Waals surface area contributed by atoms with Crippen LogP contribution in [0.1, 0.15) is 35.4 Å². The molecule has 5 rings (SSSR count). The lowest BCUT2D eigenvalue weighted by Crippen LogP contribution is -2.30. The number of hydrogen-bond donors (Lipinski definition) is 2. The van der Waals surface area contributed by atoms with Gasteiger partial charge in [-0.3, -0.25) is 4.68 Å². The van der Waals surface area contributed by atoms with Crippen LogP contribution in [0.2, 0.25) is 0 Å². The van der Waals surface area contributed by atoms with E-state index in [9.17, 15) is 13.6 Å². The van der Waals surface area contributed by atoms with Gasteiger partial charge in [0.15, 0.2) is 0 Å². The minimum absolute atomic E-state index is 0.173. The van der Waals surface area contributed by atoms with E-state index in [1.54, 1.807) is 24.4 Å². The van der Waals surface area contributed by atoms with Crippen molar-refractivity contribution in [2.75, 3.05) is 13.1 Å². The largest absolute Gasteiger partial charge is 0.445 e. The molecule has 2 aromatic heterocycles. The average molecular weight is 574 g/mol. The van der Waals surface area contributed by atoms with Gasteiger partial charge in [0, 0.05) is 42.7 Å². The summed E-state index contributed by atoms with van der Waals surface area (Å²) in [6.45, 7) is 5.37. The molecule has 1 amide bonds. The van der Waals surface area contributed by atoms with Crippen LogP contribution in [0.4, 0.5) is 18.0 Å². The Labute approximate surface area is 241 Å². The highest BCUT2D eigenvalue weighted by Crippen LogP contribution is 2.38. The highest BCUT2D eigenvalue weighted by atomic mass is 19.3. The number of carbonyl (C=O) groups is 1. The maximum Gasteiger partial charge on any atom is 0.407 e. The summed E-state index contributed by atoms with van der Waals surface area (Å²) < 4.78 is 48.9. The van der Waals surface area contributed by atoms with Crippen molar-refractivity contribution >= 4 is 11.7 Å². The Morgan fingerprint density at radius 3 is 2.71 bits per heavy atom. The van der Waals surface area contributed by atoms with Crippen LogP contribution in [0.3, 0.4) is 0 Å². The van der Waals surface area contributed by atoms with Crippen molar-refractivity contribution in [2.24, 2.45) is 0 Å². The highest BCUT2D eigenvalue weighted by molar-refractivity contribution is 5.85. The Balaban J connectivity index is 1.31. The van der Waals surface area contributed by atoms with E-state index in [1.807, 2.05) is 35.0 Å². The SMILES string of the molecule is C=C/C(=C\NCCNC(=O)OCc1ccccc1)c1cc(-c2c(-c3cccc(C(F)F)n3)nn3c2CCC3)ccc1F. The number of nitrogens with one attached hydrogen (secondary N) is 2. The van der Waals surface area contributed by atoms with Crippen LogP contribution in [-0.4, -0.2) is 33.9 Å². The fraction of sp³-hybridized carbons (Fsp3) is 0.219. The van der Waals surface area contributed by atoms with Gasteiger partial charge in [-0.05, 0) is 53.8 Å². The number of benzene rings is 2. The zero-order valence-corrected chi connectivity index (χ0v) is 22.8. The van der Waals surface area contributed by atoms with Gasteiger partial charge in [0.05, 0.1) is 5.69 Å². The molecule has 0 fully saturated rings. The lowest BCUT2D eigenvalue weighted by Gasteiger charge is -2.11. The molecule has 2 N–H and O–H groups in total. The number of halogens is 3. The summed E-state index contributed by atoms with van der Waals surface area (Å²) in [5.41, 5.74) is 4.61. The van der Waals surface area contributed by atoms with Gasteiger partial charge >= 0.3 is 6.09 Å². The van der Waals surface area contributed by atoms with Crippen molar-refractivity contribution in [2.45, 2.75) is 32.4 Å². The van der Waals surface area contributed by atoms with E-state index in [2.05, 4.69) is 22.2 Å². The predicted molar refractivity (Wildman–Crippen MR) is 155 cm³/mol. The normalized spacial score (nSPS) is 12.7. The quantitative estimate of drug-likeness (QED) is 0.155. The summed E-state index contributed by atoms with van der Waals surface area (Å²) in [5, 5.41) is 10.4. The fourth-order valence-corrected chi connectivity index (χ4v) is 4.86. The number of rotatable bonds is 11. The van der Waals surface area contributed by atoms with E-state index in [0.29, 0.717) is 41.2 Å². The zero-order valence-electron chi connectivity index (χ0n) is 22.8. The van der Waals surface area contributed by atoms with Gasteiger partial charge < -0.3 is 15.4 Å². The number of hydrogen-bond acceptors (Lipinski definition) is 5. The summed E-state index contributed by atoms with van der Waals surface area (Å²) in [5.74, 6) is -0.447. The number of pyridine rings is 1. The molecule has 0 aliphatic carbocycles. The van der Waals surface area contributed by atoms with Crippen molar-refractivity contribution in [1.82, 2.24) is 25.4 Å². The second-order valence-electron chi connectivity index (χ2n) is 9.69. The first-order chi connectivity index (χ1) is 20.4. The Morgan fingerprint density at radius 1 is 1.10 bits per heavy atom. The topological polar surface area (TPSA) is 81.1 Å². The van der Waals surface area contributed by atoms with Gasteiger partial charge in [-0.1, -0.05) is 55.1 Å². The van der Waals surface area contributed by atoms with Gasteiger partial charge in [-0.25, -0.2) is 22.9 Å². The second-order valence-corrected chi connectivity index (χ2v) is 9.69. The molecule has 42 heavy (non-hydrogen) atoms. The van der Waals surface area contributed by atoms with E-state index in [-0.39, 0.29) is 18.8 Å². The third kappa shape index (κ3) is 6.54. The van der Waals surface area contributed by atoms with Crippen LogP contribution in [0, 0.1) is 5.82 Å². The van der Waals surface area contributed by atoms with Crippen LogP contribution in [0.25, 0.3) is 28.1 Å². The van der Waals surface area contributed by atoms with Crippen molar-refractivity contribution in [3.8, 4) is 22.5 Å². The van der Waals surface area contributed by atoms with Crippen LogP contribution in [-0.2, 0) is 24.3 Å². The minimum atomic E-state index is -2.71. The number of carbonyl (C=O) groups excluding carboxylic acids is 1. The zero-order chi connectivity index (χ0) is 29.5. The molecule has 10 heteroatoms. The molecule has 0 atom stereocenters. The molecule has 216 valence electrons. The maximum absolute atomic E-state index is 15.1. The van der Waals surface area contributed by atoms with Crippen LogP contribution in [0.5, 0.6) is 0 Å². The summed E-state index contributed by atoms with van der Waals surface area (Å²) in [7, 11) is 0. The Kier molecular flexibility index (Phi) is 9.01. The molecule has 1 aliphatic heterocycles. The number of amides is 1. The number of nitrogens with zero attached hydrogens (tertiary/aromatic N) is 3. The molecular formula is C32H30F3N5O2. The third-order valence-electron chi connectivity index (χ3n) is 6.87. The van der Waals surface area contributed by atoms with E-state index < -0.39 is 18.3 Å². The molecular weight excluding hydrogens is 543 g/mol. The molecule has 4 aromatic rings. The number of alkyl carbamates (subject to hydrolysis) is 1. The summed E-state index contributed by atoms with van der Waals surface area (Å²) in [6.07, 6.45) is 1.59. The lowest BCUT2D eigenvalue weighted by molar-refractivity contribution is 0.140. The number of allylic oxidation sites excluding steroid dienone is 2. The maximum atomic E-state index is 15.1. The average Bonchev–Trinajstić information content (AvgIpc) is 3.61. The fourth-order valence-electron chi connectivity index (χ4n) is 4.86. The van der Waals surface area contributed by atoms with E-state index in [1.165, 1.54) is 24.3 Å². The molecule has 0 saturated carbocycles. The first kappa shape index (κ1) is 28.7. The molecule has 0 spiro atoms. The van der Waals surface area contributed by atoms with E-state index in [0.717, 1.165) is 29.7 Å². The van der Waals surface area contributed by atoms with Crippen molar-refractivity contribution in [3.05, 3.63) is 114 Å². The van der Waals surface area contributed by atoms with Crippen molar-refractivity contribution in [1.29, 1.82) is 0 Å². The predicted octanol–water partition coefficient (Wildman–Crippen LogP) is 6.68. The van der Waals surface area contributed by atoms with Crippen LogP contribution in [0.15, 0.2) is 85.6 Å². The van der Waals surface area contributed by atoms with Gasteiger partial charge in [-0.15, -0.1) is 0 Å². The first-order valence-electron chi connectivity index (χ1n) is 13.6. The monoisotopic (exact) mass is 573 g/mol. The number of alkyl halides is 2. The van der Waals surface area contributed by atoms with Gasteiger partial charge in [0.2, 0.25) is 0 Å². The van der Waals surface area contributed by atoms with Crippen LogP contribution < -0.4 is 10.6 Å². The molecule has 0 bridgehead atoms. The molecule has 7 nitrogen and oxygen atoms in total. The number of aryl methyl sites for hydroxylation is 1. The van der Waals surface area contributed by atoms with E-state index >= 15 is 4.39 Å². The Morgan fingerprint density at radius 2 is 1.93 bits per heavy atom. The molecule has 0 unspecified atom stereocenters. The Bertz CT molecular complexity index is 1600. The van der Waals surface area contributed by atoms with E-state index in [4.69, 9.17) is 9.84 Å². The standard InChI is InChI=1S/C32H30F3N5O2/c1-2-22(19-36-15-16-37-32(41)42-20-21-8-4-3-5-9-21)24-18-23(13-14-25(24)33)29-28-12-7-17-40(28)39-30(29)26-10-6-11-27(38-26)31(34)35/h2-6,8-11,13-14,18-19,31,36H,1,7,12,15-17,20H2,(H,37,41)/b22-19+. The van der Waals surface area contributed by atoms with Crippen LogP contribution >= 0.6 is 0 Å². The number of aromatic nitrogens is 3. The smallest absolute Gasteiger partial charge is 0.407 e. The molecule has 2 aromatic carbocycles. The van der Waals surface area contributed by atoms with Gasteiger partial charge in [0.25, 0.3) is 6.43 Å². The molecule has 3 heterocycles. The second kappa shape index (κ2) is 13.2. The highest BCUT2D eigenvalue weighted by Gasteiger charge is 2.26. The first-order valence-corrected chi connectivity index (χ1v) is 13.6. The summed E-state index contributed by atoms with van der Waals surface area (Å²) in [4.78, 5) is 16.1. The third-order valence-corrected chi connectivity index (χ3v) is 6.87. The molecule has 1 aliphatic rings. The molecule has 0 radical (unpaired) electrons. The van der Waals surface area contributed by atoms with Crippen molar-refractivity contribution < 1.29 is 22.7 Å². The number of ether oxygens (including phenoxy) is 1.